The summed E-state index contributed by atoms with van der Waals surface area (Å²) in [6, 6.07) is 2.07. The third kappa shape index (κ3) is 4.51. The summed E-state index contributed by atoms with van der Waals surface area (Å²) >= 11 is 0. The molecule has 0 aromatic carbocycles. The van der Waals surface area contributed by atoms with E-state index in [-0.39, 0.29) is 24.0 Å². The van der Waals surface area contributed by atoms with Gasteiger partial charge in [-0.25, -0.2) is 0 Å². The Hall–Kier alpha value is -0.720. The van der Waals surface area contributed by atoms with Gasteiger partial charge in [0, 0.05) is 25.7 Å². The summed E-state index contributed by atoms with van der Waals surface area (Å²) in [5.74, 6) is 3.66. The summed E-state index contributed by atoms with van der Waals surface area (Å²) in [4.78, 5) is 4.20. The Morgan fingerprint density at radius 3 is 2.61 bits per heavy atom. The third-order valence-corrected chi connectivity index (χ3v) is 3.07. The first-order chi connectivity index (χ1) is 8.19. The van der Waals surface area contributed by atoms with Crippen LogP contribution in [0.3, 0.4) is 0 Å². The van der Waals surface area contributed by atoms with Gasteiger partial charge in [0.15, 0.2) is 5.96 Å². The maximum absolute atomic E-state index is 5.49. The molecule has 1 heterocycles. The highest BCUT2D eigenvalue weighted by molar-refractivity contribution is 14.0. The molecule has 1 saturated carbocycles. The monoisotopic (exact) mass is 363 g/mol. The van der Waals surface area contributed by atoms with Gasteiger partial charge in [0.05, 0.1) is 0 Å². The van der Waals surface area contributed by atoms with Gasteiger partial charge in [0.25, 0.3) is 0 Å². The number of rotatable bonds is 4. The Labute approximate surface area is 126 Å². The average Bonchev–Trinajstić information content (AvgIpc) is 3.06. The minimum absolute atomic E-state index is 0. The molecule has 102 valence electrons. The molecule has 1 aliphatic carbocycles. The number of aliphatic imine (C=N–C) groups is 1. The summed E-state index contributed by atoms with van der Waals surface area (Å²) < 4.78 is 5.49. The molecule has 2 N–H and O–H groups in total. The molecular weight excluding hydrogens is 341 g/mol. The molecule has 0 aliphatic heterocycles. The number of aryl methyl sites for hydroxylation is 2. The normalized spacial score (nSPS) is 15.2. The first kappa shape index (κ1) is 15.3. The number of halogens is 1. The fourth-order valence-corrected chi connectivity index (χ4v) is 1.82. The van der Waals surface area contributed by atoms with Gasteiger partial charge in [-0.05, 0) is 38.7 Å². The standard InChI is InChI=1S/C13H21N3O.HI/c1-9-6-12(10(2)17-9)8-16-13(14-3)15-7-11-4-5-11;/h6,11H,4-5,7-8H2,1-3H3,(H2,14,15,16);1H. The largest absolute Gasteiger partial charge is 0.466 e. The first-order valence-corrected chi connectivity index (χ1v) is 6.19. The molecule has 0 atom stereocenters. The van der Waals surface area contributed by atoms with Crippen molar-refractivity contribution in [1.29, 1.82) is 0 Å². The first-order valence-electron chi connectivity index (χ1n) is 6.19. The Morgan fingerprint density at radius 2 is 2.11 bits per heavy atom. The van der Waals surface area contributed by atoms with E-state index in [9.17, 15) is 0 Å². The molecule has 0 saturated heterocycles. The highest BCUT2D eigenvalue weighted by Gasteiger charge is 2.21. The SMILES string of the molecule is CN=C(NCc1cc(C)oc1C)NCC1CC1.I. The topological polar surface area (TPSA) is 49.6 Å². The fourth-order valence-electron chi connectivity index (χ4n) is 1.82. The van der Waals surface area contributed by atoms with Gasteiger partial charge in [-0.3, -0.25) is 4.99 Å². The molecule has 2 rings (SSSR count). The van der Waals surface area contributed by atoms with E-state index in [0.29, 0.717) is 0 Å². The lowest BCUT2D eigenvalue weighted by Crippen LogP contribution is -2.37. The van der Waals surface area contributed by atoms with Gasteiger partial charge in [-0.15, -0.1) is 24.0 Å². The molecule has 18 heavy (non-hydrogen) atoms. The quantitative estimate of drug-likeness (QED) is 0.491. The second kappa shape index (κ2) is 7.01. The molecule has 0 radical (unpaired) electrons. The predicted molar refractivity (Wildman–Crippen MR) is 84.5 cm³/mol. The van der Waals surface area contributed by atoms with E-state index in [1.54, 1.807) is 7.05 Å². The van der Waals surface area contributed by atoms with Gasteiger partial charge in [0.1, 0.15) is 11.5 Å². The van der Waals surface area contributed by atoms with Crippen molar-refractivity contribution in [2.45, 2.75) is 33.2 Å². The number of guanidine groups is 1. The van der Waals surface area contributed by atoms with Gasteiger partial charge in [0.2, 0.25) is 0 Å². The van der Waals surface area contributed by atoms with Crippen LogP contribution in [0.5, 0.6) is 0 Å². The molecule has 5 heteroatoms. The number of nitrogens with zero attached hydrogens (tertiary/aromatic N) is 1. The van der Waals surface area contributed by atoms with Gasteiger partial charge in [-0.2, -0.15) is 0 Å². The van der Waals surface area contributed by atoms with Gasteiger partial charge >= 0.3 is 0 Å². The van der Waals surface area contributed by atoms with Crippen LogP contribution in [0.4, 0.5) is 0 Å². The van der Waals surface area contributed by atoms with E-state index >= 15 is 0 Å². The van der Waals surface area contributed by atoms with E-state index < -0.39 is 0 Å². The van der Waals surface area contributed by atoms with Crippen LogP contribution in [-0.4, -0.2) is 19.6 Å². The second-order valence-electron chi connectivity index (χ2n) is 4.69. The van der Waals surface area contributed by atoms with Gasteiger partial charge < -0.3 is 15.1 Å². The Morgan fingerprint density at radius 1 is 1.39 bits per heavy atom. The van der Waals surface area contributed by atoms with E-state index in [0.717, 1.165) is 36.5 Å². The van der Waals surface area contributed by atoms with E-state index in [4.69, 9.17) is 4.42 Å². The van der Waals surface area contributed by atoms with Crippen molar-refractivity contribution in [2.24, 2.45) is 10.9 Å². The number of hydrogen-bond donors (Lipinski definition) is 2. The van der Waals surface area contributed by atoms with Crippen molar-refractivity contribution in [3.63, 3.8) is 0 Å². The van der Waals surface area contributed by atoms with Crippen molar-refractivity contribution < 1.29 is 4.42 Å². The van der Waals surface area contributed by atoms with Crippen molar-refractivity contribution in [2.75, 3.05) is 13.6 Å². The molecule has 4 nitrogen and oxygen atoms in total. The van der Waals surface area contributed by atoms with Gasteiger partial charge in [-0.1, -0.05) is 0 Å². The Bertz CT molecular complexity index is 410. The number of furan rings is 1. The van der Waals surface area contributed by atoms with Crippen LogP contribution < -0.4 is 10.6 Å². The Kier molecular flexibility index (Phi) is 5.98. The van der Waals surface area contributed by atoms with Crippen LogP contribution >= 0.6 is 24.0 Å². The molecule has 1 fully saturated rings. The van der Waals surface area contributed by atoms with E-state index in [1.165, 1.54) is 18.4 Å². The lowest BCUT2D eigenvalue weighted by Gasteiger charge is -2.10. The van der Waals surface area contributed by atoms with Crippen molar-refractivity contribution in [1.82, 2.24) is 10.6 Å². The zero-order valence-electron chi connectivity index (χ0n) is 11.2. The summed E-state index contributed by atoms with van der Waals surface area (Å²) in [6.45, 7) is 5.75. The molecular formula is C13H22IN3O. The lowest BCUT2D eigenvalue weighted by molar-refractivity contribution is 0.500. The maximum atomic E-state index is 5.49. The molecule has 0 amide bonds. The van der Waals surface area contributed by atoms with Crippen molar-refractivity contribution in [3.8, 4) is 0 Å². The third-order valence-electron chi connectivity index (χ3n) is 3.07. The molecule has 1 aromatic heterocycles. The smallest absolute Gasteiger partial charge is 0.191 e. The summed E-state index contributed by atoms with van der Waals surface area (Å²) in [7, 11) is 1.80. The van der Waals surface area contributed by atoms with Crippen LogP contribution in [0.2, 0.25) is 0 Å². The van der Waals surface area contributed by atoms with Crippen LogP contribution in [0.25, 0.3) is 0 Å². The van der Waals surface area contributed by atoms with Crippen molar-refractivity contribution in [3.05, 3.63) is 23.2 Å². The number of hydrogen-bond acceptors (Lipinski definition) is 2. The fraction of sp³-hybridized carbons (Fsp3) is 0.615. The zero-order valence-corrected chi connectivity index (χ0v) is 13.6. The van der Waals surface area contributed by atoms with E-state index in [2.05, 4.69) is 21.7 Å². The second-order valence-corrected chi connectivity index (χ2v) is 4.69. The minimum Gasteiger partial charge on any atom is -0.466 e. The van der Waals surface area contributed by atoms with Crippen LogP contribution in [0, 0.1) is 19.8 Å². The summed E-state index contributed by atoms with van der Waals surface area (Å²) in [5.41, 5.74) is 1.19. The summed E-state index contributed by atoms with van der Waals surface area (Å²) in [5, 5.41) is 6.64. The van der Waals surface area contributed by atoms with Crippen molar-refractivity contribution >= 4 is 29.9 Å². The highest BCUT2D eigenvalue weighted by Crippen LogP contribution is 2.27. The molecule has 0 spiro atoms. The predicted octanol–water partition coefficient (Wildman–Crippen LogP) is 2.59. The van der Waals surface area contributed by atoms with Crippen LogP contribution in [-0.2, 0) is 6.54 Å². The van der Waals surface area contributed by atoms with E-state index in [1.807, 2.05) is 13.8 Å². The lowest BCUT2D eigenvalue weighted by atomic mass is 10.2. The Balaban J connectivity index is 0.00000162. The average molecular weight is 363 g/mol. The molecule has 1 aliphatic rings. The zero-order chi connectivity index (χ0) is 12.3. The molecule has 0 unspecified atom stereocenters. The highest BCUT2D eigenvalue weighted by atomic mass is 127. The van der Waals surface area contributed by atoms with Crippen LogP contribution in [0.1, 0.15) is 29.9 Å². The maximum Gasteiger partial charge on any atom is 0.191 e. The summed E-state index contributed by atoms with van der Waals surface area (Å²) in [6.07, 6.45) is 2.70. The molecule has 1 aromatic rings. The minimum atomic E-state index is 0. The number of nitrogens with one attached hydrogen (secondary N) is 2. The van der Waals surface area contributed by atoms with Crippen LogP contribution in [0.15, 0.2) is 15.5 Å². The molecule has 0 bridgehead atoms.